The van der Waals surface area contributed by atoms with Crippen LogP contribution in [0.15, 0.2) is 52.1 Å². The second kappa shape index (κ2) is 9.27. The van der Waals surface area contributed by atoms with E-state index in [0.717, 1.165) is 22.6 Å². The summed E-state index contributed by atoms with van der Waals surface area (Å²) in [5, 5.41) is 11.0. The van der Waals surface area contributed by atoms with Gasteiger partial charge < -0.3 is 19.2 Å². The van der Waals surface area contributed by atoms with E-state index in [4.69, 9.17) is 13.9 Å². The number of benzene rings is 2. The number of nitrogens with zero attached hydrogens (tertiary/aromatic N) is 2. The Hall–Kier alpha value is -3.00. The molecule has 3 aromatic rings. The molecule has 3 rings (SSSR count). The van der Waals surface area contributed by atoms with Gasteiger partial charge >= 0.3 is 0 Å². The molecule has 146 valence electrons. The topological polar surface area (TPSA) is 86.5 Å². The van der Waals surface area contributed by atoms with Crippen molar-refractivity contribution in [2.24, 2.45) is 0 Å². The van der Waals surface area contributed by atoms with Crippen molar-refractivity contribution in [2.45, 2.75) is 25.7 Å². The summed E-state index contributed by atoms with van der Waals surface area (Å²) in [5.41, 5.74) is 2.79. The number of aromatic nitrogens is 2. The molecule has 28 heavy (non-hydrogen) atoms. The van der Waals surface area contributed by atoms with Crippen LogP contribution >= 0.6 is 11.8 Å². The lowest BCUT2D eigenvalue weighted by atomic mass is 10.1. The van der Waals surface area contributed by atoms with E-state index in [2.05, 4.69) is 15.5 Å². The highest BCUT2D eigenvalue weighted by Gasteiger charge is 2.12. The minimum absolute atomic E-state index is 0.158. The molecule has 7 nitrogen and oxygen atoms in total. The highest BCUT2D eigenvalue weighted by molar-refractivity contribution is 7.99. The molecule has 0 saturated carbocycles. The van der Waals surface area contributed by atoms with Gasteiger partial charge in [0.1, 0.15) is 11.5 Å². The van der Waals surface area contributed by atoms with Gasteiger partial charge in [0.2, 0.25) is 5.91 Å². The van der Waals surface area contributed by atoms with Gasteiger partial charge in [0, 0.05) is 5.69 Å². The number of thioether (sulfide) groups is 1. The van der Waals surface area contributed by atoms with Crippen molar-refractivity contribution in [3.8, 4) is 11.5 Å². The third-order valence-corrected chi connectivity index (χ3v) is 4.72. The van der Waals surface area contributed by atoms with Crippen LogP contribution in [0.25, 0.3) is 0 Å². The molecule has 1 aromatic heterocycles. The fraction of sp³-hybridized carbons (Fsp3) is 0.250. The zero-order valence-corrected chi connectivity index (χ0v) is 16.7. The number of hydrogen-bond acceptors (Lipinski definition) is 7. The van der Waals surface area contributed by atoms with Crippen LogP contribution in [0.5, 0.6) is 11.5 Å². The molecule has 8 heteroatoms. The number of nitrogens with one attached hydrogen (secondary N) is 1. The van der Waals surface area contributed by atoms with Crippen LogP contribution in [0.3, 0.4) is 0 Å². The van der Waals surface area contributed by atoms with Gasteiger partial charge in [-0.2, -0.15) is 0 Å². The van der Waals surface area contributed by atoms with Crippen LogP contribution in [-0.4, -0.2) is 29.0 Å². The lowest BCUT2D eigenvalue weighted by Gasteiger charge is -2.09. The number of hydrogen-bond donors (Lipinski definition) is 1. The monoisotopic (exact) mass is 399 g/mol. The van der Waals surface area contributed by atoms with Gasteiger partial charge in [0.05, 0.1) is 12.9 Å². The predicted molar refractivity (Wildman–Crippen MR) is 107 cm³/mol. The molecule has 1 amide bonds. The number of anilines is 1. The van der Waals surface area contributed by atoms with Gasteiger partial charge in [-0.1, -0.05) is 30.0 Å². The van der Waals surface area contributed by atoms with Crippen molar-refractivity contribution in [3.05, 3.63) is 59.5 Å². The largest absolute Gasteiger partial charge is 0.497 e. The maximum Gasteiger partial charge on any atom is 0.277 e. The van der Waals surface area contributed by atoms with E-state index in [1.165, 1.54) is 11.8 Å². The highest BCUT2D eigenvalue weighted by atomic mass is 32.2. The molecule has 1 heterocycles. The fourth-order valence-electron chi connectivity index (χ4n) is 2.51. The van der Waals surface area contributed by atoms with E-state index < -0.39 is 0 Å². The number of rotatable bonds is 8. The van der Waals surface area contributed by atoms with Crippen molar-refractivity contribution < 1.29 is 18.7 Å². The van der Waals surface area contributed by atoms with Gasteiger partial charge in [-0.15, -0.1) is 10.2 Å². The van der Waals surface area contributed by atoms with Gasteiger partial charge in [-0.05, 0) is 49.2 Å². The van der Waals surface area contributed by atoms with E-state index >= 15 is 0 Å². The number of amides is 1. The standard InChI is InChI=1S/C20H21N3O4S/c1-13-5-4-6-14(2)19(13)26-11-18-22-23-20(27-18)28-12-17(24)21-15-7-9-16(25-3)10-8-15/h4-10H,11-12H2,1-3H3,(H,21,24). The minimum Gasteiger partial charge on any atom is -0.497 e. The second-order valence-electron chi connectivity index (χ2n) is 6.04. The highest BCUT2D eigenvalue weighted by Crippen LogP contribution is 2.24. The first-order chi connectivity index (χ1) is 13.5. The normalized spacial score (nSPS) is 10.5. The molecule has 0 aliphatic rings. The minimum atomic E-state index is -0.165. The summed E-state index contributed by atoms with van der Waals surface area (Å²) < 4.78 is 16.4. The van der Waals surface area contributed by atoms with Crippen LogP contribution < -0.4 is 14.8 Å². The predicted octanol–water partition coefficient (Wildman–Crippen LogP) is 4.00. The number of carbonyl (C=O) groups excluding carboxylic acids is 1. The average Bonchev–Trinajstić information content (AvgIpc) is 3.14. The zero-order valence-electron chi connectivity index (χ0n) is 15.9. The van der Waals surface area contributed by atoms with E-state index in [-0.39, 0.29) is 18.3 Å². The summed E-state index contributed by atoms with van der Waals surface area (Å²) >= 11 is 1.17. The third-order valence-electron chi connectivity index (χ3n) is 3.90. The van der Waals surface area contributed by atoms with Gasteiger partial charge in [0.25, 0.3) is 11.1 Å². The maximum atomic E-state index is 12.1. The molecule has 0 fully saturated rings. The lowest BCUT2D eigenvalue weighted by Crippen LogP contribution is -2.13. The van der Waals surface area contributed by atoms with Crippen molar-refractivity contribution in [1.29, 1.82) is 0 Å². The number of methoxy groups -OCH3 is 1. The molecular weight excluding hydrogens is 378 g/mol. The zero-order chi connectivity index (χ0) is 19.9. The Morgan fingerprint density at radius 1 is 1.11 bits per heavy atom. The molecule has 2 aromatic carbocycles. The van der Waals surface area contributed by atoms with Gasteiger partial charge in [0.15, 0.2) is 6.61 Å². The number of para-hydroxylation sites is 1. The van der Waals surface area contributed by atoms with Crippen LogP contribution in [0, 0.1) is 13.8 Å². The molecule has 0 bridgehead atoms. The van der Waals surface area contributed by atoms with Crippen LogP contribution in [0.4, 0.5) is 5.69 Å². The first-order valence-corrected chi connectivity index (χ1v) is 9.62. The number of carbonyl (C=O) groups is 1. The van der Waals surface area contributed by atoms with Crippen molar-refractivity contribution in [2.75, 3.05) is 18.2 Å². The lowest BCUT2D eigenvalue weighted by molar-refractivity contribution is -0.113. The molecule has 0 aliphatic carbocycles. The molecular formula is C20H21N3O4S. The Balaban J connectivity index is 1.48. The molecule has 0 unspecified atom stereocenters. The quantitative estimate of drug-likeness (QED) is 0.573. The summed E-state index contributed by atoms with van der Waals surface area (Å²) in [7, 11) is 1.59. The molecule has 0 atom stereocenters. The Kier molecular flexibility index (Phi) is 6.54. The third kappa shape index (κ3) is 5.26. The van der Waals surface area contributed by atoms with E-state index in [1.807, 2.05) is 32.0 Å². The Bertz CT molecular complexity index is 921. The first kappa shape index (κ1) is 19.8. The van der Waals surface area contributed by atoms with Crippen molar-refractivity contribution in [3.63, 3.8) is 0 Å². The summed E-state index contributed by atoms with van der Waals surface area (Å²) in [6.45, 7) is 4.15. The van der Waals surface area contributed by atoms with Gasteiger partial charge in [-0.25, -0.2) is 0 Å². The van der Waals surface area contributed by atoms with E-state index in [0.29, 0.717) is 16.8 Å². The maximum absolute atomic E-state index is 12.1. The summed E-state index contributed by atoms with van der Waals surface area (Å²) in [6, 6.07) is 13.1. The van der Waals surface area contributed by atoms with Crippen LogP contribution in [0.2, 0.25) is 0 Å². The van der Waals surface area contributed by atoms with E-state index in [9.17, 15) is 4.79 Å². The Morgan fingerprint density at radius 2 is 1.82 bits per heavy atom. The number of ether oxygens (including phenoxy) is 2. The molecule has 1 N–H and O–H groups in total. The molecule has 0 spiro atoms. The SMILES string of the molecule is COc1ccc(NC(=O)CSc2nnc(COc3c(C)cccc3C)o2)cc1. The van der Waals surface area contributed by atoms with Crippen molar-refractivity contribution in [1.82, 2.24) is 10.2 Å². The summed E-state index contributed by atoms with van der Waals surface area (Å²) in [6.07, 6.45) is 0. The average molecular weight is 399 g/mol. The summed E-state index contributed by atoms with van der Waals surface area (Å²) in [5.74, 6) is 1.90. The number of aryl methyl sites for hydroxylation is 2. The van der Waals surface area contributed by atoms with Crippen LogP contribution in [-0.2, 0) is 11.4 Å². The van der Waals surface area contributed by atoms with Gasteiger partial charge in [-0.3, -0.25) is 4.79 Å². The van der Waals surface area contributed by atoms with Crippen molar-refractivity contribution >= 4 is 23.4 Å². The molecule has 0 saturated heterocycles. The first-order valence-electron chi connectivity index (χ1n) is 8.63. The Morgan fingerprint density at radius 3 is 2.50 bits per heavy atom. The molecule has 0 aliphatic heterocycles. The fourth-order valence-corrected chi connectivity index (χ4v) is 3.09. The smallest absolute Gasteiger partial charge is 0.277 e. The second-order valence-corrected chi connectivity index (χ2v) is 6.96. The van der Waals surface area contributed by atoms with Crippen LogP contribution in [0.1, 0.15) is 17.0 Å². The van der Waals surface area contributed by atoms with E-state index in [1.54, 1.807) is 31.4 Å². The Labute approximate surface area is 167 Å². The molecule has 0 radical (unpaired) electrons. The summed E-state index contributed by atoms with van der Waals surface area (Å²) in [4.78, 5) is 12.1.